The van der Waals surface area contributed by atoms with Crippen molar-refractivity contribution in [2.75, 3.05) is 0 Å². The first-order chi connectivity index (χ1) is 9.53. The summed E-state index contributed by atoms with van der Waals surface area (Å²) in [5, 5.41) is 3.49. The Labute approximate surface area is 125 Å². The van der Waals surface area contributed by atoms with Crippen molar-refractivity contribution >= 4 is 11.8 Å². The third-order valence-electron chi connectivity index (χ3n) is 2.73. The third-order valence-corrected chi connectivity index (χ3v) is 3.74. The second-order valence-corrected chi connectivity index (χ2v) is 6.75. The monoisotopic (exact) mass is 287 g/mol. The van der Waals surface area contributed by atoms with Gasteiger partial charge in [0.1, 0.15) is 5.82 Å². The van der Waals surface area contributed by atoms with Crippen molar-refractivity contribution in [1.82, 2.24) is 15.3 Å². The van der Waals surface area contributed by atoms with E-state index < -0.39 is 0 Å². The standard InChI is InChI=1S/C16H21N3S/c1-16(2,3)19-11-13-5-7-14(8-6-13)20-12-15-17-9-4-10-18-15/h4-10,19H,11-12H2,1-3H3. The molecule has 106 valence electrons. The van der Waals surface area contributed by atoms with Gasteiger partial charge < -0.3 is 5.32 Å². The van der Waals surface area contributed by atoms with Crippen LogP contribution in [0.15, 0.2) is 47.6 Å². The molecular formula is C16H21N3S. The number of nitrogens with one attached hydrogen (secondary N) is 1. The highest BCUT2D eigenvalue weighted by Crippen LogP contribution is 2.21. The van der Waals surface area contributed by atoms with E-state index in [0.29, 0.717) is 0 Å². The van der Waals surface area contributed by atoms with Gasteiger partial charge in [0.2, 0.25) is 0 Å². The third kappa shape index (κ3) is 5.31. The summed E-state index contributed by atoms with van der Waals surface area (Å²) in [5.74, 6) is 1.68. The minimum absolute atomic E-state index is 0.151. The first-order valence-electron chi connectivity index (χ1n) is 6.76. The topological polar surface area (TPSA) is 37.8 Å². The quantitative estimate of drug-likeness (QED) is 0.852. The van der Waals surface area contributed by atoms with Gasteiger partial charge in [-0.15, -0.1) is 11.8 Å². The van der Waals surface area contributed by atoms with Crippen LogP contribution in [0, 0.1) is 0 Å². The molecule has 0 bridgehead atoms. The van der Waals surface area contributed by atoms with E-state index in [2.05, 4.69) is 60.3 Å². The summed E-state index contributed by atoms with van der Waals surface area (Å²) in [6.45, 7) is 7.43. The highest BCUT2D eigenvalue weighted by molar-refractivity contribution is 7.98. The van der Waals surface area contributed by atoms with E-state index in [9.17, 15) is 0 Å². The smallest absolute Gasteiger partial charge is 0.138 e. The van der Waals surface area contributed by atoms with E-state index in [4.69, 9.17) is 0 Å². The molecule has 2 aromatic rings. The van der Waals surface area contributed by atoms with Crippen LogP contribution >= 0.6 is 11.8 Å². The van der Waals surface area contributed by atoms with Gasteiger partial charge in [-0.2, -0.15) is 0 Å². The van der Waals surface area contributed by atoms with E-state index in [-0.39, 0.29) is 5.54 Å². The van der Waals surface area contributed by atoms with E-state index in [1.54, 1.807) is 24.2 Å². The van der Waals surface area contributed by atoms with Crippen LogP contribution < -0.4 is 5.32 Å². The molecule has 4 heteroatoms. The maximum atomic E-state index is 4.23. The largest absolute Gasteiger partial charge is 0.308 e. The predicted octanol–water partition coefficient (Wildman–Crippen LogP) is 3.66. The predicted molar refractivity (Wildman–Crippen MR) is 84.6 cm³/mol. The molecule has 3 nitrogen and oxygen atoms in total. The fraction of sp³-hybridized carbons (Fsp3) is 0.375. The molecule has 0 fully saturated rings. The van der Waals surface area contributed by atoms with Crippen LogP contribution in [0.3, 0.4) is 0 Å². The Bertz CT molecular complexity index is 518. The van der Waals surface area contributed by atoms with E-state index >= 15 is 0 Å². The minimum atomic E-state index is 0.151. The molecule has 0 aliphatic heterocycles. The average molecular weight is 287 g/mol. The summed E-state index contributed by atoms with van der Waals surface area (Å²) < 4.78 is 0. The molecule has 1 aromatic heterocycles. The summed E-state index contributed by atoms with van der Waals surface area (Å²) in [7, 11) is 0. The Hall–Kier alpha value is -1.39. The first kappa shape index (κ1) is 15.0. The lowest BCUT2D eigenvalue weighted by atomic mass is 10.1. The zero-order chi connectivity index (χ0) is 14.4. The van der Waals surface area contributed by atoms with Gasteiger partial charge in [-0.3, -0.25) is 0 Å². The SMILES string of the molecule is CC(C)(C)NCc1ccc(SCc2ncccn2)cc1. The lowest BCUT2D eigenvalue weighted by Gasteiger charge is -2.20. The van der Waals surface area contributed by atoms with Crippen molar-refractivity contribution in [1.29, 1.82) is 0 Å². The number of aromatic nitrogens is 2. The van der Waals surface area contributed by atoms with Gasteiger partial charge in [0.25, 0.3) is 0 Å². The minimum Gasteiger partial charge on any atom is -0.308 e. The molecule has 0 unspecified atom stereocenters. The van der Waals surface area contributed by atoms with Crippen molar-refractivity contribution in [2.45, 2.75) is 43.5 Å². The molecule has 0 radical (unpaired) electrons. The number of rotatable bonds is 5. The van der Waals surface area contributed by atoms with Crippen molar-refractivity contribution in [3.05, 3.63) is 54.1 Å². The van der Waals surface area contributed by atoms with Crippen LogP contribution in [0.5, 0.6) is 0 Å². The van der Waals surface area contributed by atoms with Crippen LogP contribution in [0.1, 0.15) is 32.2 Å². The normalized spacial score (nSPS) is 11.6. The number of hydrogen-bond acceptors (Lipinski definition) is 4. The van der Waals surface area contributed by atoms with Gasteiger partial charge in [0.15, 0.2) is 0 Å². The van der Waals surface area contributed by atoms with Crippen LogP contribution in [0.2, 0.25) is 0 Å². The van der Waals surface area contributed by atoms with Crippen LogP contribution in [0.4, 0.5) is 0 Å². The van der Waals surface area contributed by atoms with Crippen molar-refractivity contribution in [3.63, 3.8) is 0 Å². The Kier molecular flexibility index (Phi) is 5.15. The average Bonchev–Trinajstić information content (AvgIpc) is 2.44. The van der Waals surface area contributed by atoms with Gasteiger partial charge in [0, 0.05) is 29.4 Å². The summed E-state index contributed by atoms with van der Waals surface area (Å²) in [4.78, 5) is 9.70. The Morgan fingerprint density at radius 1 is 1.05 bits per heavy atom. The zero-order valence-corrected chi connectivity index (χ0v) is 13.1. The molecule has 2 rings (SSSR count). The van der Waals surface area contributed by atoms with E-state index in [1.165, 1.54) is 10.5 Å². The highest BCUT2D eigenvalue weighted by atomic mass is 32.2. The molecule has 20 heavy (non-hydrogen) atoms. The summed E-state index contributed by atoms with van der Waals surface area (Å²) in [5.41, 5.74) is 1.46. The Morgan fingerprint density at radius 2 is 1.70 bits per heavy atom. The van der Waals surface area contributed by atoms with Crippen molar-refractivity contribution in [3.8, 4) is 0 Å². The second kappa shape index (κ2) is 6.86. The fourth-order valence-electron chi connectivity index (χ4n) is 1.62. The van der Waals surface area contributed by atoms with Crippen LogP contribution in [0.25, 0.3) is 0 Å². The molecule has 0 aliphatic carbocycles. The number of nitrogens with zero attached hydrogens (tertiary/aromatic N) is 2. The molecule has 1 heterocycles. The van der Waals surface area contributed by atoms with Gasteiger partial charge in [-0.25, -0.2) is 9.97 Å². The number of benzene rings is 1. The summed E-state index contributed by atoms with van der Waals surface area (Å²) in [6.07, 6.45) is 3.56. The zero-order valence-electron chi connectivity index (χ0n) is 12.3. The first-order valence-corrected chi connectivity index (χ1v) is 7.74. The van der Waals surface area contributed by atoms with Crippen LogP contribution in [-0.4, -0.2) is 15.5 Å². The summed E-state index contributed by atoms with van der Waals surface area (Å²) in [6, 6.07) is 10.5. The second-order valence-electron chi connectivity index (χ2n) is 5.70. The fourth-order valence-corrected chi connectivity index (χ4v) is 2.40. The Balaban J connectivity index is 1.85. The lowest BCUT2D eigenvalue weighted by Crippen LogP contribution is -2.35. The summed E-state index contributed by atoms with van der Waals surface area (Å²) >= 11 is 1.76. The lowest BCUT2D eigenvalue weighted by molar-refractivity contribution is 0.424. The molecule has 1 aromatic carbocycles. The molecule has 0 amide bonds. The molecule has 0 spiro atoms. The Morgan fingerprint density at radius 3 is 2.30 bits per heavy atom. The maximum Gasteiger partial charge on any atom is 0.138 e. The van der Waals surface area contributed by atoms with Crippen molar-refractivity contribution in [2.24, 2.45) is 0 Å². The molecular weight excluding hydrogens is 266 g/mol. The van der Waals surface area contributed by atoms with Gasteiger partial charge >= 0.3 is 0 Å². The molecule has 0 aliphatic rings. The van der Waals surface area contributed by atoms with Gasteiger partial charge in [-0.05, 0) is 44.5 Å². The molecule has 0 saturated carbocycles. The van der Waals surface area contributed by atoms with Gasteiger partial charge in [-0.1, -0.05) is 12.1 Å². The highest BCUT2D eigenvalue weighted by Gasteiger charge is 2.08. The van der Waals surface area contributed by atoms with Crippen LogP contribution in [-0.2, 0) is 12.3 Å². The molecule has 0 atom stereocenters. The number of thioether (sulfide) groups is 1. The van der Waals surface area contributed by atoms with Gasteiger partial charge in [0.05, 0.1) is 5.75 Å². The van der Waals surface area contributed by atoms with E-state index in [0.717, 1.165) is 18.1 Å². The van der Waals surface area contributed by atoms with E-state index in [1.807, 2.05) is 6.07 Å². The molecule has 1 N–H and O–H groups in total. The van der Waals surface area contributed by atoms with Crippen molar-refractivity contribution < 1.29 is 0 Å². The number of hydrogen-bond donors (Lipinski definition) is 1. The molecule has 0 saturated heterocycles. The maximum absolute atomic E-state index is 4.23.